The molecule has 0 aromatic heterocycles. The smallest absolute Gasteiger partial charge is 0.243 e. The Balaban J connectivity index is 1.88. The maximum atomic E-state index is 13.2. The zero-order valence-corrected chi connectivity index (χ0v) is 17.8. The molecule has 8 heteroatoms. The van der Waals surface area contributed by atoms with E-state index in [2.05, 4.69) is 15.9 Å². The molecule has 0 N–H and O–H groups in total. The van der Waals surface area contributed by atoms with E-state index in [9.17, 15) is 13.2 Å². The molecule has 0 aliphatic carbocycles. The summed E-state index contributed by atoms with van der Waals surface area (Å²) in [4.78, 5) is 14.5. The Labute approximate surface area is 173 Å². The zero-order valence-electron chi connectivity index (χ0n) is 14.6. The predicted molar refractivity (Wildman–Crippen MR) is 109 cm³/mol. The fourth-order valence-electron chi connectivity index (χ4n) is 2.99. The third-order valence-electron chi connectivity index (χ3n) is 4.49. The number of amides is 1. The highest BCUT2D eigenvalue weighted by atomic mass is 79.9. The third-order valence-corrected chi connectivity index (χ3v) is 7.08. The van der Waals surface area contributed by atoms with Crippen LogP contribution in [0.25, 0.3) is 0 Å². The van der Waals surface area contributed by atoms with Gasteiger partial charge in [-0.1, -0.05) is 39.7 Å². The first kappa shape index (κ1) is 20.3. The van der Waals surface area contributed by atoms with Crippen molar-refractivity contribution >= 4 is 43.5 Å². The highest BCUT2D eigenvalue weighted by Crippen LogP contribution is 2.22. The van der Waals surface area contributed by atoms with Crippen LogP contribution in [0.5, 0.6) is 0 Å². The topological polar surface area (TPSA) is 57.7 Å². The number of sulfonamides is 1. The van der Waals surface area contributed by atoms with Gasteiger partial charge in [-0.2, -0.15) is 4.31 Å². The maximum Gasteiger partial charge on any atom is 0.243 e. The van der Waals surface area contributed by atoms with Crippen LogP contribution in [0.2, 0.25) is 5.02 Å². The molecule has 0 spiro atoms. The van der Waals surface area contributed by atoms with E-state index in [0.717, 1.165) is 22.9 Å². The van der Waals surface area contributed by atoms with Crippen molar-refractivity contribution < 1.29 is 13.2 Å². The number of halogens is 2. The molecular formula is C19H20BrClN2O3S. The van der Waals surface area contributed by atoms with Gasteiger partial charge in [-0.3, -0.25) is 4.79 Å². The highest BCUT2D eigenvalue weighted by molar-refractivity contribution is 9.10. The van der Waals surface area contributed by atoms with Crippen LogP contribution in [0.15, 0.2) is 57.9 Å². The number of benzene rings is 2. The number of likely N-dealkylation sites (tertiary alicyclic amines) is 1. The van der Waals surface area contributed by atoms with Gasteiger partial charge < -0.3 is 4.90 Å². The van der Waals surface area contributed by atoms with E-state index in [4.69, 9.17) is 11.6 Å². The SMILES string of the molecule is O=C(CN(Cc1ccc(Br)cc1)S(=O)(=O)c1ccc(Cl)cc1)N1CCCC1. The minimum Gasteiger partial charge on any atom is -0.342 e. The van der Waals surface area contributed by atoms with Crippen molar-refractivity contribution in [1.29, 1.82) is 0 Å². The lowest BCUT2D eigenvalue weighted by atomic mass is 10.2. The van der Waals surface area contributed by atoms with Crippen LogP contribution in [0.1, 0.15) is 18.4 Å². The molecule has 27 heavy (non-hydrogen) atoms. The standard InChI is InChI=1S/C19H20BrClN2O3S/c20-16-5-3-15(4-6-16)13-23(14-19(24)22-11-1-2-12-22)27(25,26)18-9-7-17(21)8-10-18/h3-10H,1-2,11-14H2. The molecule has 0 bridgehead atoms. The summed E-state index contributed by atoms with van der Waals surface area (Å²) in [6.07, 6.45) is 1.92. The number of rotatable bonds is 6. The van der Waals surface area contributed by atoms with E-state index in [-0.39, 0.29) is 23.9 Å². The quantitative estimate of drug-likeness (QED) is 0.642. The molecule has 2 aromatic rings. The van der Waals surface area contributed by atoms with Crippen molar-refractivity contribution in [1.82, 2.24) is 9.21 Å². The van der Waals surface area contributed by atoms with Crippen LogP contribution in [0.4, 0.5) is 0 Å². The van der Waals surface area contributed by atoms with E-state index in [1.54, 1.807) is 4.90 Å². The zero-order chi connectivity index (χ0) is 19.4. The van der Waals surface area contributed by atoms with Gasteiger partial charge in [0.25, 0.3) is 0 Å². The van der Waals surface area contributed by atoms with Gasteiger partial charge in [0.05, 0.1) is 11.4 Å². The van der Waals surface area contributed by atoms with Gasteiger partial charge in [0.1, 0.15) is 0 Å². The second-order valence-corrected chi connectivity index (χ2v) is 9.73. The molecule has 1 aliphatic rings. The number of hydrogen-bond donors (Lipinski definition) is 0. The molecule has 0 unspecified atom stereocenters. The average molecular weight is 472 g/mol. The molecular weight excluding hydrogens is 452 g/mol. The molecule has 0 saturated carbocycles. The summed E-state index contributed by atoms with van der Waals surface area (Å²) in [5, 5.41) is 0.460. The summed E-state index contributed by atoms with van der Waals surface area (Å²) in [5.74, 6) is -0.165. The van der Waals surface area contributed by atoms with Gasteiger partial charge in [-0.15, -0.1) is 0 Å². The molecule has 0 radical (unpaired) electrons. The predicted octanol–water partition coefficient (Wildman–Crippen LogP) is 3.92. The van der Waals surface area contributed by atoms with Crippen molar-refractivity contribution in [2.75, 3.05) is 19.6 Å². The molecule has 3 rings (SSSR count). The summed E-state index contributed by atoms with van der Waals surface area (Å²) in [5.41, 5.74) is 0.810. The third kappa shape index (κ3) is 5.10. The summed E-state index contributed by atoms with van der Waals surface area (Å²) in [6.45, 7) is 1.32. The fraction of sp³-hybridized carbons (Fsp3) is 0.316. The van der Waals surface area contributed by atoms with Gasteiger partial charge >= 0.3 is 0 Å². The van der Waals surface area contributed by atoms with E-state index in [1.165, 1.54) is 28.6 Å². The largest absolute Gasteiger partial charge is 0.342 e. The normalized spacial score (nSPS) is 14.7. The molecule has 1 amide bonds. The lowest BCUT2D eigenvalue weighted by Gasteiger charge is -2.24. The van der Waals surface area contributed by atoms with Crippen LogP contribution in [0.3, 0.4) is 0 Å². The summed E-state index contributed by atoms with van der Waals surface area (Å²) >= 11 is 9.26. The molecule has 1 aliphatic heterocycles. The second-order valence-electron chi connectivity index (χ2n) is 6.44. The molecule has 2 aromatic carbocycles. The van der Waals surface area contributed by atoms with Crippen molar-refractivity contribution in [3.63, 3.8) is 0 Å². The summed E-state index contributed by atoms with van der Waals surface area (Å²) < 4.78 is 28.5. The number of carbonyl (C=O) groups is 1. The first-order valence-electron chi connectivity index (χ1n) is 8.64. The molecule has 1 fully saturated rings. The van der Waals surface area contributed by atoms with E-state index in [0.29, 0.717) is 18.1 Å². The van der Waals surface area contributed by atoms with Crippen LogP contribution < -0.4 is 0 Å². The highest BCUT2D eigenvalue weighted by Gasteiger charge is 2.29. The number of hydrogen-bond acceptors (Lipinski definition) is 3. The van der Waals surface area contributed by atoms with Crippen molar-refractivity contribution in [2.45, 2.75) is 24.3 Å². The Morgan fingerprint density at radius 3 is 2.22 bits per heavy atom. The molecule has 1 heterocycles. The van der Waals surface area contributed by atoms with Gasteiger partial charge in [-0.05, 0) is 54.8 Å². The molecule has 1 saturated heterocycles. The first-order valence-corrected chi connectivity index (χ1v) is 11.3. The van der Waals surface area contributed by atoms with Gasteiger partial charge in [-0.25, -0.2) is 8.42 Å². The monoisotopic (exact) mass is 470 g/mol. The van der Waals surface area contributed by atoms with Crippen LogP contribution in [-0.4, -0.2) is 43.2 Å². The summed E-state index contributed by atoms with van der Waals surface area (Å²) in [6, 6.07) is 13.4. The van der Waals surface area contributed by atoms with Crippen molar-refractivity contribution in [2.24, 2.45) is 0 Å². The van der Waals surface area contributed by atoms with E-state index < -0.39 is 10.0 Å². The minimum atomic E-state index is -3.84. The lowest BCUT2D eigenvalue weighted by Crippen LogP contribution is -2.41. The van der Waals surface area contributed by atoms with E-state index in [1.807, 2.05) is 24.3 Å². The lowest BCUT2D eigenvalue weighted by molar-refractivity contribution is -0.130. The Morgan fingerprint density at radius 2 is 1.63 bits per heavy atom. The Bertz CT molecular complexity index is 896. The Hall–Kier alpha value is -1.41. The molecule has 0 atom stereocenters. The van der Waals surface area contributed by atoms with Crippen LogP contribution >= 0.6 is 27.5 Å². The van der Waals surface area contributed by atoms with Crippen molar-refractivity contribution in [3.05, 3.63) is 63.6 Å². The number of nitrogens with zero attached hydrogens (tertiary/aromatic N) is 2. The first-order chi connectivity index (χ1) is 12.9. The molecule has 144 valence electrons. The fourth-order valence-corrected chi connectivity index (χ4v) is 4.76. The maximum absolute atomic E-state index is 13.2. The van der Waals surface area contributed by atoms with E-state index >= 15 is 0 Å². The number of carbonyl (C=O) groups excluding carboxylic acids is 1. The second kappa shape index (κ2) is 8.73. The van der Waals surface area contributed by atoms with Gasteiger partial charge in [0, 0.05) is 29.1 Å². The Morgan fingerprint density at radius 1 is 1.04 bits per heavy atom. The minimum absolute atomic E-state index is 0.123. The molecule has 5 nitrogen and oxygen atoms in total. The van der Waals surface area contributed by atoms with Crippen LogP contribution in [0, 0.1) is 0 Å². The van der Waals surface area contributed by atoms with Gasteiger partial charge in [0.15, 0.2) is 0 Å². The summed E-state index contributed by atoms with van der Waals surface area (Å²) in [7, 11) is -3.84. The van der Waals surface area contributed by atoms with Crippen LogP contribution in [-0.2, 0) is 21.4 Å². The van der Waals surface area contributed by atoms with Gasteiger partial charge in [0.2, 0.25) is 15.9 Å². The Kier molecular flexibility index (Phi) is 6.57. The average Bonchev–Trinajstić information content (AvgIpc) is 3.18. The van der Waals surface area contributed by atoms with Crippen molar-refractivity contribution in [3.8, 4) is 0 Å².